The second-order valence-corrected chi connectivity index (χ2v) is 15.3. The molecule has 14 nitrogen and oxygen atoms in total. The molecular formula is C42H59N7O7. The number of nitrogens with one attached hydrogen (secondary N) is 3. The smallest absolute Gasteiger partial charge is 0.406 e. The number of aliphatic hydroxyl groups is 1. The molecule has 1 saturated heterocycles. The number of hydrazine groups is 1. The van der Waals surface area contributed by atoms with Crippen molar-refractivity contribution < 1.29 is 33.8 Å². The van der Waals surface area contributed by atoms with Gasteiger partial charge in [0.25, 0.3) is 0 Å². The fourth-order valence-electron chi connectivity index (χ4n) is 6.83. The predicted octanol–water partition coefficient (Wildman–Crippen LogP) is 4.45. The molecule has 4 rings (SSSR count). The van der Waals surface area contributed by atoms with Crippen LogP contribution < -0.4 is 20.8 Å². The quantitative estimate of drug-likeness (QED) is 0.122. The normalized spacial score (nSPS) is 15.2. The number of hydrogen-bond acceptors (Lipinski definition) is 9. The number of ether oxygens (including phenoxy) is 2. The fourth-order valence-corrected chi connectivity index (χ4v) is 6.83. The summed E-state index contributed by atoms with van der Waals surface area (Å²) < 4.78 is 10.1. The van der Waals surface area contributed by atoms with E-state index in [4.69, 9.17) is 4.74 Å². The van der Waals surface area contributed by atoms with E-state index in [1.54, 1.807) is 21.9 Å². The summed E-state index contributed by atoms with van der Waals surface area (Å²) in [4.78, 5) is 61.4. The van der Waals surface area contributed by atoms with Gasteiger partial charge in [0.15, 0.2) is 0 Å². The van der Waals surface area contributed by atoms with Crippen LogP contribution in [0.5, 0.6) is 5.75 Å². The van der Waals surface area contributed by atoms with Crippen molar-refractivity contribution in [3.63, 3.8) is 0 Å². The highest BCUT2D eigenvalue weighted by atomic mass is 16.5. The maximum Gasteiger partial charge on any atom is 0.406 e. The fraction of sp³-hybridized carbons (Fsp3) is 0.500. The average molecular weight is 774 g/mol. The molecule has 2 aromatic carbocycles. The first-order chi connectivity index (χ1) is 26.7. The molecule has 0 saturated carbocycles. The third kappa shape index (κ3) is 12.9. The van der Waals surface area contributed by atoms with E-state index >= 15 is 0 Å². The Morgan fingerprint density at radius 1 is 1.00 bits per heavy atom. The number of nitrogens with zero attached hydrogens (tertiary/aromatic N) is 4. The number of urea groups is 1. The first-order valence-corrected chi connectivity index (χ1v) is 19.2. The Hall–Kier alpha value is -5.21. The zero-order valence-electron chi connectivity index (χ0n) is 33.8. The van der Waals surface area contributed by atoms with Crippen molar-refractivity contribution in [2.45, 2.75) is 85.2 Å². The molecule has 5 amide bonds. The Labute approximate surface area is 330 Å². The summed E-state index contributed by atoms with van der Waals surface area (Å²) in [5.41, 5.74) is 5.71. The van der Waals surface area contributed by atoms with Gasteiger partial charge < -0.3 is 35.0 Å². The molecule has 1 aromatic heterocycles. The van der Waals surface area contributed by atoms with Gasteiger partial charge in [0.1, 0.15) is 11.8 Å². The highest BCUT2D eigenvalue weighted by molar-refractivity contribution is 5.88. The zero-order valence-corrected chi connectivity index (χ0v) is 33.8. The third-order valence-electron chi connectivity index (χ3n) is 10.0. The van der Waals surface area contributed by atoms with Gasteiger partial charge in [0.2, 0.25) is 11.8 Å². The van der Waals surface area contributed by atoms with Crippen LogP contribution in [0.3, 0.4) is 0 Å². The number of methoxy groups -OCH3 is 2. The minimum absolute atomic E-state index is 0.0461. The molecule has 4 unspecified atom stereocenters. The number of carbonyl (C=O) groups excluding carboxylic acids is 4. The summed E-state index contributed by atoms with van der Waals surface area (Å²) in [5, 5.41) is 19.4. The molecule has 1 fully saturated rings. The number of amides is 5. The van der Waals surface area contributed by atoms with Gasteiger partial charge in [-0.05, 0) is 60.1 Å². The Morgan fingerprint density at radius 3 is 2.39 bits per heavy atom. The standard InChI is InChI=1S/C42H59N7O7/c1-8-29(2)38(49-21-20-47(41(49)54)26-33-18-12-14-30(3)44-33)39(52)45-35(23-31-15-10-9-11-16-31)36(50)27-48(25-32-17-13-19-34(22-32)55-6)46-37(51)24-42(4,5)28-43-40(53)56-7/h9-19,22,29,35-36,38,50H,8,20-21,23-28H2,1-7H3,(H,43,53)(H,45,52)(H,46,51). The maximum atomic E-state index is 14.4. The van der Waals surface area contributed by atoms with E-state index in [1.807, 2.05) is 107 Å². The first kappa shape index (κ1) is 43.5. The summed E-state index contributed by atoms with van der Waals surface area (Å²) in [6, 6.07) is 20.9. The van der Waals surface area contributed by atoms with E-state index in [1.165, 1.54) is 7.11 Å². The predicted molar refractivity (Wildman–Crippen MR) is 213 cm³/mol. The van der Waals surface area contributed by atoms with Crippen LogP contribution in [0.25, 0.3) is 0 Å². The largest absolute Gasteiger partial charge is 0.497 e. The molecule has 0 bridgehead atoms. The van der Waals surface area contributed by atoms with Crippen molar-refractivity contribution >= 4 is 23.9 Å². The van der Waals surface area contributed by atoms with Gasteiger partial charge >= 0.3 is 12.1 Å². The number of carbonyl (C=O) groups is 4. The van der Waals surface area contributed by atoms with Crippen LogP contribution in [-0.2, 0) is 33.8 Å². The van der Waals surface area contributed by atoms with Gasteiger partial charge in [-0.25, -0.2) is 14.6 Å². The number of rotatable bonds is 20. The van der Waals surface area contributed by atoms with Crippen molar-refractivity contribution in [2.24, 2.45) is 11.3 Å². The minimum atomic E-state index is -1.16. The molecule has 304 valence electrons. The molecule has 4 atom stereocenters. The number of aromatic nitrogens is 1. The van der Waals surface area contributed by atoms with Crippen molar-refractivity contribution in [1.29, 1.82) is 0 Å². The van der Waals surface area contributed by atoms with Gasteiger partial charge in [-0.15, -0.1) is 0 Å². The number of aryl methyl sites for hydroxylation is 1. The molecule has 2 heterocycles. The van der Waals surface area contributed by atoms with Gasteiger partial charge in [0.05, 0.1) is 38.6 Å². The molecule has 1 aliphatic rings. The van der Waals surface area contributed by atoms with Crippen LogP contribution in [-0.4, -0.2) is 107 Å². The molecule has 4 N–H and O–H groups in total. The number of hydrogen-bond donors (Lipinski definition) is 4. The summed E-state index contributed by atoms with van der Waals surface area (Å²) in [5.74, 6) is -0.215. The molecule has 0 spiro atoms. The molecular weight excluding hydrogens is 715 g/mol. The summed E-state index contributed by atoms with van der Waals surface area (Å²) in [7, 11) is 2.85. The molecule has 56 heavy (non-hydrogen) atoms. The lowest BCUT2D eigenvalue weighted by atomic mass is 9.89. The van der Waals surface area contributed by atoms with E-state index < -0.39 is 29.7 Å². The molecule has 0 radical (unpaired) electrons. The average Bonchev–Trinajstić information content (AvgIpc) is 3.51. The van der Waals surface area contributed by atoms with E-state index in [-0.39, 0.29) is 49.8 Å². The van der Waals surface area contributed by atoms with E-state index in [0.717, 1.165) is 22.5 Å². The summed E-state index contributed by atoms with van der Waals surface area (Å²) in [6.07, 6.45) is -0.737. The number of benzene rings is 2. The Morgan fingerprint density at radius 2 is 1.71 bits per heavy atom. The summed E-state index contributed by atoms with van der Waals surface area (Å²) >= 11 is 0. The number of alkyl carbamates (subject to hydrolysis) is 1. The van der Waals surface area contributed by atoms with E-state index in [0.29, 0.717) is 38.2 Å². The van der Waals surface area contributed by atoms with Crippen LogP contribution in [0, 0.1) is 18.3 Å². The SMILES string of the molecule is CCC(C)C(C(=O)NC(Cc1ccccc1)C(O)CN(Cc1cccc(OC)c1)NC(=O)CC(C)(C)CNC(=O)OC)N1CCN(Cc2cccc(C)n2)C1=O. The second-order valence-electron chi connectivity index (χ2n) is 15.3. The van der Waals surface area contributed by atoms with E-state index in [9.17, 15) is 24.3 Å². The lowest BCUT2D eigenvalue weighted by molar-refractivity contribution is -0.131. The van der Waals surface area contributed by atoms with Gasteiger partial charge in [-0.1, -0.05) is 82.6 Å². The third-order valence-corrected chi connectivity index (χ3v) is 10.0. The monoisotopic (exact) mass is 773 g/mol. The minimum Gasteiger partial charge on any atom is -0.497 e. The van der Waals surface area contributed by atoms with E-state index in [2.05, 4.69) is 25.8 Å². The lowest BCUT2D eigenvalue weighted by Crippen LogP contribution is -2.58. The topological polar surface area (TPSA) is 166 Å². The Balaban J connectivity index is 1.57. The molecule has 1 aliphatic heterocycles. The zero-order chi connectivity index (χ0) is 40.8. The Bertz CT molecular complexity index is 1760. The highest BCUT2D eigenvalue weighted by Crippen LogP contribution is 2.24. The molecule has 3 aromatic rings. The van der Waals surface area contributed by atoms with Crippen LogP contribution in [0.15, 0.2) is 72.8 Å². The molecule has 0 aliphatic carbocycles. The maximum absolute atomic E-state index is 14.4. The lowest BCUT2D eigenvalue weighted by Gasteiger charge is -2.35. The molecule has 14 heteroatoms. The van der Waals surface area contributed by atoms with Crippen molar-refractivity contribution in [3.8, 4) is 5.75 Å². The number of aliphatic hydroxyl groups excluding tert-OH is 1. The van der Waals surface area contributed by atoms with Gasteiger partial charge in [0, 0.05) is 44.8 Å². The van der Waals surface area contributed by atoms with Crippen LogP contribution >= 0.6 is 0 Å². The highest BCUT2D eigenvalue weighted by Gasteiger charge is 2.41. The van der Waals surface area contributed by atoms with Crippen LogP contribution in [0.1, 0.15) is 63.1 Å². The van der Waals surface area contributed by atoms with Crippen LogP contribution in [0.4, 0.5) is 9.59 Å². The Kier molecular flexibility index (Phi) is 16.0. The first-order valence-electron chi connectivity index (χ1n) is 19.2. The summed E-state index contributed by atoms with van der Waals surface area (Å²) in [6.45, 7) is 11.1. The van der Waals surface area contributed by atoms with Crippen molar-refractivity contribution in [2.75, 3.05) is 40.4 Å². The second kappa shape index (κ2) is 20.6. The number of pyridine rings is 1. The van der Waals surface area contributed by atoms with Crippen molar-refractivity contribution in [1.82, 2.24) is 35.9 Å². The van der Waals surface area contributed by atoms with Crippen LogP contribution in [0.2, 0.25) is 0 Å². The van der Waals surface area contributed by atoms with Gasteiger partial charge in [-0.3, -0.25) is 20.0 Å². The van der Waals surface area contributed by atoms with Crippen molar-refractivity contribution in [3.05, 3.63) is 95.3 Å². The van der Waals surface area contributed by atoms with Gasteiger partial charge in [-0.2, -0.15) is 0 Å².